The summed E-state index contributed by atoms with van der Waals surface area (Å²) in [4.78, 5) is 24.8. The maximum absolute atomic E-state index is 12.5. The normalized spacial score (nSPS) is 13.3. The highest BCUT2D eigenvalue weighted by atomic mass is 16.6. The van der Waals surface area contributed by atoms with Gasteiger partial charge in [-0.3, -0.25) is 0 Å². The summed E-state index contributed by atoms with van der Waals surface area (Å²) in [5.41, 5.74) is 0.623. The Hall–Kier alpha value is -2.50. The number of para-hydroxylation sites is 1. The standard InChI is InChI=1S/C20H28N2O4/c1-19(2,3)26-18(24)21-16(17(23)25-7)20(4,5)14-12-22(6)15-11-9-8-10-13(14)15/h8-12,16H,1-7H3,(H,21,24). The Morgan fingerprint density at radius 2 is 1.73 bits per heavy atom. The first-order valence-electron chi connectivity index (χ1n) is 8.59. The highest BCUT2D eigenvalue weighted by Gasteiger charge is 2.41. The summed E-state index contributed by atoms with van der Waals surface area (Å²) in [7, 11) is 3.27. The van der Waals surface area contributed by atoms with E-state index >= 15 is 0 Å². The zero-order valence-electron chi connectivity index (χ0n) is 16.5. The predicted molar refractivity (Wildman–Crippen MR) is 101 cm³/mol. The number of fused-ring (bicyclic) bond motifs is 1. The highest BCUT2D eigenvalue weighted by Crippen LogP contribution is 2.35. The van der Waals surface area contributed by atoms with Crippen molar-refractivity contribution in [2.75, 3.05) is 7.11 Å². The molecule has 0 bridgehead atoms. The van der Waals surface area contributed by atoms with Crippen LogP contribution in [-0.2, 0) is 26.7 Å². The summed E-state index contributed by atoms with van der Waals surface area (Å²) >= 11 is 0. The van der Waals surface area contributed by atoms with Gasteiger partial charge in [-0.15, -0.1) is 0 Å². The number of benzene rings is 1. The van der Waals surface area contributed by atoms with E-state index in [1.807, 2.05) is 55.9 Å². The molecule has 0 fully saturated rings. The third kappa shape index (κ3) is 4.00. The van der Waals surface area contributed by atoms with Gasteiger partial charge in [-0.2, -0.15) is 0 Å². The molecule has 0 aliphatic rings. The second kappa shape index (κ2) is 7.02. The second-order valence-corrected chi connectivity index (χ2v) is 7.99. The second-order valence-electron chi connectivity index (χ2n) is 7.99. The van der Waals surface area contributed by atoms with Crippen molar-refractivity contribution in [1.29, 1.82) is 0 Å². The van der Waals surface area contributed by atoms with E-state index < -0.39 is 29.1 Å². The van der Waals surface area contributed by atoms with E-state index in [9.17, 15) is 9.59 Å². The van der Waals surface area contributed by atoms with Crippen molar-refractivity contribution in [3.8, 4) is 0 Å². The lowest BCUT2D eigenvalue weighted by Gasteiger charge is -2.33. The highest BCUT2D eigenvalue weighted by molar-refractivity contribution is 5.88. The van der Waals surface area contributed by atoms with Crippen molar-refractivity contribution in [2.45, 2.75) is 51.7 Å². The van der Waals surface area contributed by atoms with E-state index in [-0.39, 0.29) is 0 Å². The lowest BCUT2D eigenvalue weighted by atomic mass is 9.77. The Kier molecular flexibility index (Phi) is 5.35. The molecule has 2 aromatic rings. The third-order valence-corrected chi connectivity index (χ3v) is 4.41. The molecule has 6 nitrogen and oxygen atoms in total. The molecule has 0 radical (unpaired) electrons. The molecule has 2 rings (SSSR count). The van der Waals surface area contributed by atoms with Gasteiger partial charge in [0.25, 0.3) is 0 Å². The number of hydrogen-bond donors (Lipinski definition) is 1. The fourth-order valence-corrected chi connectivity index (χ4v) is 3.09. The largest absolute Gasteiger partial charge is 0.467 e. The first-order valence-corrected chi connectivity index (χ1v) is 8.59. The number of amides is 1. The Balaban J connectivity index is 2.45. The van der Waals surface area contributed by atoms with E-state index in [0.29, 0.717) is 0 Å². The van der Waals surface area contributed by atoms with Gasteiger partial charge in [0, 0.05) is 29.6 Å². The van der Waals surface area contributed by atoms with Crippen molar-refractivity contribution in [3.05, 3.63) is 36.0 Å². The van der Waals surface area contributed by atoms with Gasteiger partial charge >= 0.3 is 12.1 Å². The van der Waals surface area contributed by atoms with Crippen molar-refractivity contribution in [1.82, 2.24) is 9.88 Å². The molecular formula is C20H28N2O4. The number of aryl methyl sites for hydroxylation is 1. The monoisotopic (exact) mass is 360 g/mol. The van der Waals surface area contributed by atoms with Crippen LogP contribution in [0.1, 0.15) is 40.2 Å². The molecule has 1 unspecified atom stereocenters. The molecule has 0 saturated heterocycles. The van der Waals surface area contributed by atoms with Crippen molar-refractivity contribution in [3.63, 3.8) is 0 Å². The first kappa shape index (κ1) is 19.8. The summed E-state index contributed by atoms with van der Waals surface area (Å²) in [5, 5.41) is 3.72. The van der Waals surface area contributed by atoms with E-state index in [2.05, 4.69) is 5.32 Å². The fraction of sp³-hybridized carbons (Fsp3) is 0.500. The van der Waals surface area contributed by atoms with Gasteiger partial charge in [0.1, 0.15) is 11.6 Å². The maximum Gasteiger partial charge on any atom is 0.408 e. The van der Waals surface area contributed by atoms with Gasteiger partial charge in [0.05, 0.1) is 7.11 Å². The molecule has 1 N–H and O–H groups in total. The van der Waals surface area contributed by atoms with Crippen LogP contribution in [0.25, 0.3) is 10.9 Å². The summed E-state index contributed by atoms with van der Waals surface area (Å²) in [6.07, 6.45) is 1.33. The summed E-state index contributed by atoms with van der Waals surface area (Å²) in [5.74, 6) is -0.520. The topological polar surface area (TPSA) is 69.6 Å². The van der Waals surface area contributed by atoms with Crippen molar-refractivity contribution < 1.29 is 19.1 Å². The molecule has 1 aromatic heterocycles. The number of carbonyl (C=O) groups is 2. The van der Waals surface area contributed by atoms with Crippen molar-refractivity contribution in [2.24, 2.45) is 7.05 Å². The van der Waals surface area contributed by atoms with Gasteiger partial charge in [-0.05, 0) is 32.4 Å². The minimum Gasteiger partial charge on any atom is -0.467 e. The molecular weight excluding hydrogens is 332 g/mol. The molecule has 0 saturated carbocycles. The van der Waals surface area contributed by atoms with Gasteiger partial charge in [0.15, 0.2) is 0 Å². The Bertz CT molecular complexity index is 815. The lowest BCUT2D eigenvalue weighted by molar-refractivity contribution is -0.144. The van der Waals surface area contributed by atoms with E-state index in [1.165, 1.54) is 7.11 Å². The van der Waals surface area contributed by atoms with E-state index in [4.69, 9.17) is 9.47 Å². The van der Waals surface area contributed by atoms with Gasteiger partial charge in [0.2, 0.25) is 0 Å². The quantitative estimate of drug-likeness (QED) is 0.847. The summed E-state index contributed by atoms with van der Waals surface area (Å²) < 4.78 is 12.3. The zero-order chi connectivity index (χ0) is 19.7. The van der Waals surface area contributed by atoms with Crippen LogP contribution < -0.4 is 5.32 Å². The van der Waals surface area contributed by atoms with Crippen LogP contribution in [0.3, 0.4) is 0 Å². The van der Waals surface area contributed by atoms with E-state index in [0.717, 1.165) is 16.5 Å². The number of rotatable bonds is 4. The molecule has 26 heavy (non-hydrogen) atoms. The number of esters is 1. The molecule has 0 aliphatic carbocycles. The predicted octanol–water partition coefficient (Wildman–Crippen LogP) is 3.52. The summed E-state index contributed by atoms with van der Waals surface area (Å²) in [6.45, 7) is 9.14. The lowest BCUT2D eigenvalue weighted by Crippen LogP contribution is -2.53. The Labute approximate surface area is 154 Å². The fourth-order valence-electron chi connectivity index (χ4n) is 3.09. The Morgan fingerprint density at radius 3 is 2.31 bits per heavy atom. The molecule has 1 amide bonds. The average Bonchev–Trinajstić information content (AvgIpc) is 2.88. The zero-order valence-corrected chi connectivity index (χ0v) is 16.5. The molecule has 1 heterocycles. The molecule has 0 spiro atoms. The van der Waals surface area contributed by atoms with Crippen LogP contribution in [0, 0.1) is 0 Å². The number of nitrogens with one attached hydrogen (secondary N) is 1. The summed E-state index contributed by atoms with van der Waals surface area (Å²) in [6, 6.07) is 7.05. The number of carbonyl (C=O) groups excluding carboxylic acids is 2. The van der Waals surface area contributed by atoms with Gasteiger partial charge in [-0.25, -0.2) is 9.59 Å². The van der Waals surface area contributed by atoms with Crippen LogP contribution in [0.4, 0.5) is 4.79 Å². The SMILES string of the molecule is COC(=O)C(NC(=O)OC(C)(C)C)C(C)(C)c1cn(C)c2ccccc12. The van der Waals surface area contributed by atoms with Crippen LogP contribution in [0.2, 0.25) is 0 Å². The molecule has 1 aromatic carbocycles. The number of hydrogen-bond acceptors (Lipinski definition) is 4. The van der Waals surface area contributed by atoms with Crippen LogP contribution >= 0.6 is 0 Å². The number of methoxy groups -OCH3 is 1. The number of ether oxygens (including phenoxy) is 2. The first-order chi connectivity index (χ1) is 12.0. The molecule has 142 valence electrons. The van der Waals surface area contributed by atoms with Gasteiger partial charge < -0.3 is 19.4 Å². The average molecular weight is 360 g/mol. The smallest absolute Gasteiger partial charge is 0.408 e. The maximum atomic E-state index is 12.5. The molecule has 6 heteroatoms. The number of alkyl carbamates (subject to hydrolysis) is 1. The minimum absolute atomic E-state index is 0.520. The minimum atomic E-state index is -0.895. The number of nitrogens with zero attached hydrogens (tertiary/aromatic N) is 1. The number of aromatic nitrogens is 1. The van der Waals surface area contributed by atoms with Crippen LogP contribution in [-0.4, -0.2) is 35.4 Å². The molecule has 1 atom stereocenters. The van der Waals surface area contributed by atoms with Crippen LogP contribution in [0.15, 0.2) is 30.5 Å². The van der Waals surface area contributed by atoms with E-state index in [1.54, 1.807) is 20.8 Å². The Morgan fingerprint density at radius 1 is 1.12 bits per heavy atom. The van der Waals surface area contributed by atoms with Crippen LogP contribution in [0.5, 0.6) is 0 Å². The van der Waals surface area contributed by atoms with Crippen molar-refractivity contribution >= 4 is 23.0 Å². The van der Waals surface area contributed by atoms with Gasteiger partial charge in [-0.1, -0.05) is 32.0 Å². The molecule has 0 aliphatic heterocycles. The third-order valence-electron chi connectivity index (χ3n) is 4.41.